The van der Waals surface area contributed by atoms with Crippen LogP contribution in [0.2, 0.25) is 0 Å². The minimum absolute atomic E-state index is 0.0429. The SMILES string of the molecule is O=C(Cc1noc2ccccc12)N1CC(n2nc(-c3ccncc3)ccc2=O)C1. The molecule has 5 rings (SSSR count). The number of pyridine rings is 1. The first-order valence-electron chi connectivity index (χ1n) is 9.30. The third kappa shape index (κ3) is 3.18. The lowest BCUT2D eigenvalue weighted by molar-refractivity contribution is -0.136. The summed E-state index contributed by atoms with van der Waals surface area (Å²) in [7, 11) is 0. The maximum Gasteiger partial charge on any atom is 0.267 e. The van der Waals surface area contributed by atoms with E-state index in [1.807, 2.05) is 36.4 Å². The first kappa shape index (κ1) is 17.3. The minimum atomic E-state index is -0.178. The second-order valence-electron chi connectivity index (χ2n) is 6.99. The number of fused-ring (bicyclic) bond motifs is 1. The molecule has 1 aliphatic rings. The predicted octanol–water partition coefficient (Wildman–Crippen LogP) is 2.07. The number of carbonyl (C=O) groups excluding carboxylic acids is 1. The highest BCUT2D eigenvalue weighted by Gasteiger charge is 2.33. The third-order valence-electron chi connectivity index (χ3n) is 5.13. The van der Waals surface area contributed by atoms with Gasteiger partial charge in [-0.2, -0.15) is 5.10 Å². The third-order valence-corrected chi connectivity index (χ3v) is 5.13. The van der Waals surface area contributed by atoms with Gasteiger partial charge in [0, 0.05) is 42.5 Å². The Bertz CT molecular complexity index is 1240. The number of para-hydroxylation sites is 1. The average molecular weight is 387 g/mol. The van der Waals surface area contributed by atoms with Gasteiger partial charge in [0.25, 0.3) is 5.56 Å². The molecular weight excluding hydrogens is 370 g/mol. The number of rotatable bonds is 4. The zero-order valence-electron chi connectivity index (χ0n) is 15.4. The molecular formula is C21H17N5O3. The number of aromatic nitrogens is 4. The Labute approximate surface area is 165 Å². The summed E-state index contributed by atoms with van der Waals surface area (Å²) in [6, 6.07) is 14.2. The molecule has 1 amide bonds. The fraction of sp³-hybridized carbons (Fsp3) is 0.190. The topological polar surface area (TPSA) is 94.1 Å². The van der Waals surface area contributed by atoms with Crippen LogP contribution in [0.1, 0.15) is 11.7 Å². The van der Waals surface area contributed by atoms with Crippen molar-refractivity contribution in [3.05, 3.63) is 77.0 Å². The van der Waals surface area contributed by atoms with Gasteiger partial charge in [-0.05, 0) is 30.3 Å². The van der Waals surface area contributed by atoms with Crippen LogP contribution >= 0.6 is 0 Å². The maximum atomic E-state index is 12.6. The van der Waals surface area contributed by atoms with Gasteiger partial charge in [0.05, 0.1) is 18.2 Å². The molecule has 29 heavy (non-hydrogen) atoms. The van der Waals surface area contributed by atoms with Gasteiger partial charge in [0.15, 0.2) is 5.58 Å². The average Bonchev–Trinajstić information content (AvgIpc) is 3.12. The summed E-state index contributed by atoms with van der Waals surface area (Å²) in [6.45, 7) is 0.892. The summed E-state index contributed by atoms with van der Waals surface area (Å²) in [5.41, 5.74) is 2.71. The molecule has 144 valence electrons. The Morgan fingerprint density at radius 3 is 2.69 bits per heavy atom. The Kier molecular flexibility index (Phi) is 4.16. The Hall–Kier alpha value is -3.81. The van der Waals surface area contributed by atoms with Crippen molar-refractivity contribution in [2.75, 3.05) is 13.1 Å². The van der Waals surface area contributed by atoms with Crippen molar-refractivity contribution in [2.24, 2.45) is 0 Å². The van der Waals surface area contributed by atoms with E-state index >= 15 is 0 Å². The van der Waals surface area contributed by atoms with Crippen molar-refractivity contribution < 1.29 is 9.32 Å². The Morgan fingerprint density at radius 1 is 1.07 bits per heavy atom. The van der Waals surface area contributed by atoms with Crippen LogP contribution in [0, 0.1) is 0 Å². The van der Waals surface area contributed by atoms with Crippen molar-refractivity contribution in [1.29, 1.82) is 0 Å². The molecule has 0 radical (unpaired) electrons. The van der Waals surface area contributed by atoms with E-state index in [1.54, 1.807) is 23.4 Å². The van der Waals surface area contributed by atoms with E-state index in [2.05, 4.69) is 15.2 Å². The zero-order chi connectivity index (χ0) is 19.8. The number of hydrogen-bond acceptors (Lipinski definition) is 6. The molecule has 3 aromatic heterocycles. The summed E-state index contributed by atoms with van der Waals surface area (Å²) >= 11 is 0. The van der Waals surface area contributed by atoms with Crippen LogP contribution < -0.4 is 5.56 Å². The lowest BCUT2D eigenvalue weighted by Gasteiger charge is -2.39. The molecule has 0 aliphatic carbocycles. The van der Waals surface area contributed by atoms with E-state index in [-0.39, 0.29) is 23.9 Å². The lowest BCUT2D eigenvalue weighted by atomic mass is 10.1. The van der Waals surface area contributed by atoms with E-state index in [1.165, 1.54) is 10.7 Å². The quantitative estimate of drug-likeness (QED) is 0.532. The van der Waals surface area contributed by atoms with E-state index in [4.69, 9.17) is 4.52 Å². The summed E-state index contributed by atoms with van der Waals surface area (Å²) in [6.07, 6.45) is 3.54. The first-order chi connectivity index (χ1) is 14.2. The molecule has 0 saturated carbocycles. The molecule has 1 saturated heterocycles. The summed E-state index contributed by atoms with van der Waals surface area (Å²) < 4.78 is 6.73. The van der Waals surface area contributed by atoms with Crippen molar-refractivity contribution in [3.8, 4) is 11.3 Å². The number of likely N-dealkylation sites (tertiary alicyclic amines) is 1. The number of amides is 1. The van der Waals surface area contributed by atoms with Gasteiger partial charge in [0.1, 0.15) is 5.69 Å². The van der Waals surface area contributed by atoms with Gasteiger partial charge in [-0.1, -0.05) is 17.3 Å². The highest BCUT2D eigenvalue weighted by molar-refractivity contribution is 5.86. The molecule has 0 spiro atoms. The number of benzene rings is 1. The molecule has 0 N–H and O–H groups in total. The lowest BCUT2D eigenvalue weighted by Crippen LogP contribution is -2.53. The summed E-state index contributed by atoms with van der Waals surface area (Å²) in [5, 5.41) is 9.35. The molecule has 8 nitrogen and oxygen atoms in total. The monoisotopic (exact) mass is 387 g/mol. The van der Waals surface area contributed by atoms with E-state index in [0.29, 0.717) is 30.1 Å². The highest BCUT2D eigenvalue weighted by Crippen LogP contribution is 2.23. The maximum absolute atomic E-state index is 12.6. The number of hydrogen-bond donors (Lipinski definition) is 0. The fourth-order valence-electron chi connectivity index (χ4n) is 3.50. The van der Waals surface area contributed by atoms with Crippen molar-refractivity contribution in [3.63, 3.8) is 0 Å². The fourth-order valence-corrected chi connectivity index (χ4v) is 3.50. The van der Waals surface area contributed by atoms with Crippen LogP contribution in [0.5, 0.6) is 0 Å². The minimum Gasteiger partial charge on any atom is -0.356 e. The van der Waals surface area contributed by atoms with Gasteiger partial charge in [-0.25, -0.2) is 4.68 Å². The predicted molar refractivity (Wildman–Crippen MR) is 105 cm³/mol. The summed E-state index contributed by atoms with van der Waals surface area (Å²) in [4.78, 5) is 30.6. The Morgan fingerprint density at radius 2 is 1.86 bits per heavy atom. The van der Waals surface area contributed by atoms with Gasteiger partial charge in [-0.3, -0.25) is 14.6 Å². The van der Waals surface area contributed by atoms with E-state index in [9.17, 15) is 9.59 Å². The molecule has 1 aliphatic heterocycles. The van der Waals surface area contributed by atoms with Crippen molar-refractivity contribution in [1.82, 2.24) is 24.8 Å². The number of carbonyl (C=O) groups is 1. The van der Waals surface area contributed by atoms with Crippen LogP contribution in [-0.2, 0) is 11.2 Å². The molecule has 8 heteroatoms. The highest BCUT2D eigenvalue weighted by atomic mass is 16.5. The molecule has 0 atom stereocenters. The van der Waals surface area contributed by atoms with Crippen LogP contribution in [0.25, 0.3) is 22.2 Å². The molecule has 0 unspecified atom stereocenters. The summed E-state index contributed by atoms with van der Waals surface area (Å²) in [5.74, 6) is -0.0429. The Balaban J connectivity index is 1.29. The molecule has 4 heterocycles. The van der Waals surface area contributed by atoms with Crippen LogP contribution in [0.4, 0.5) is 0 Å². The van der Waals surface area contributed by atoms with E-state index < -0.39 is 0 Å². The smallest absolute Gasteiger partial charge is 0.267 e. The van der Waals surface area contributed by atoms with Gasteiger partial charge >= 0.3 is 0 Å². The van der Waals surface area contributed by atoms with Crippen LogP contribution in [0.15, 0.2) is 70.2 Å². The van der Waals surface area contributed by atoms with Crippen molar-refractivity contribution >= 4 is 16.9 Å². The molecule has 0 bridgehead atoms. The van der Waals surface area contributed by atoms with Crippen molar-refractivity contribution in [2.45, 2.75) is 12.5 Å². The second kappa shape index (κ2) is 6.97. The molecule has 1 fully saturated rings. The number of nitrogens with zero attached hydrogens (tertiary/aromatic N) is 5. The second-order valence-corrected chi connectivity index (χ2v) is 6.99. The molecule has 4 aromatic rings. The van der Waals surface area contributed by atoms with Gasteiger partial charge in [-0.15, -0.1) is 0 Å². The molecule has 1 aromatic carbocycles. The zero-order valence-corrected chi connectivity index (χ0v) is 15.4. The normalized spacial score (nSPS) is 14.1. The van der Waals surface area contributed by atoms with Crippen LogP contribution in [0.3, 0.4) is 0 Å². The first-order valence-corrected chi connectivity index (χ1v) is 9.30. The van der Waals surface area contributed by atoms with Crippen LogP contribution in [-0.4, -0.2) is 43.8 Å². The van der Waals surface area contributed by atoms with Gasteiger partial charge < -0.3 is 9.42 Å². The van der Waals surface area contributed by atoms with Gasteiger partial charge in [0.2, 0.25) is 5.91 Å². The standard InChI is InChI=1S/C21H17N5O3/c27-20-6-5-17(14-7-9-22-10-8-14)23-26(20)15-12-25(13-15)21(28)11-18-16-3-1-2-4-19(16)29-24-18/h1-10,15H,11-13H2. The van der Waals surface area contributed by atoms with E-state index in [0.717, 1.165) is 10.9 Å². The largest absolute Gasteiger partial charge is 0.356 e.